The van der Waals surface area contributed by atoms with Crippen molar-refractivity contribution in [3.8, 4) is 0 Å². The van der Waals surface area contributed by atoms with E-state index in [1.165, 1.54) is 11.6 Å². The van der Waals surface area contributed by atoms with Gasteiger partial charge in [-0.1, -0.05) is 31.5 Å². The minimum atomic E-state index is -0.881. The third kappa shape index (κ3) is 3.19. The summed E-state index contributed by atoms with van der Waals surface area (Å²) in [6.07, 6.45) is 1.33. The lowest BCUT2D eigenvalue weighted by Crippen LogP contribution is -2.03. The number of rotatable bonds is 3. The van der Waals surface area contributed by atoms with E-state index in [-0.39, 0.29) is 5.92 Å². The van der Waals surface area contributed by atoms with Crippen LogP contribution in [0, 0.1) is 26.7 Å². The molecule has 0 saturated heterocycles. The molecule has 0 atom stereocenters. The number of hydrogen-bond donors (Lipinski definition) is 1. The third-order valence-corrected chi connectivity index (χ3v) is 2.87. The van der Waals surface area contributed by atoms with Crippen LogP contribution in [-0.4, -0.2) is 11.1 Å². The molecule has 2 nitrogen and oxygen atoms in total. The monoisotopic (exact) mass is 232 g/mol. The zero-order valence-electron chi connectivity index (χ0n) is 11.2. The van der Waals surface area contributed by atoms with E-state index in [1.807, 2.05) is 27.7 Å². The second-order valence-electron chi connectivity index (χ2n) is 4.87. The highest BCUT2D eigenvalue weighted by Gasteiger charge is 2.13. The molecule has 1 aromatic rings. The summed E-state index contributed by atoms with van der Waals surface area (Å²) in [5.74, 6) is -0.681. The van der Waals surface area contributed by atoms with Crippen LogP contribution in [0.4, 0.5) is 0 Å². The van der Waals surface area contributed by atoms with Crippen molar-refractivity contribution in [2.45, 2.75) is 34.6 Å². The van der Waals surface area contributed by atoms with Crippen molar-refractivity contribution in [3.05, 3.63) is 40.5 Å². The lowest BCUT2D eigenvalue weighted by molar-refractivity contribution is -0.131. The summed E-state index contributed by atoms with van der Waals surface area (Å²) in [4.78, 5) is 10.9. The first-order valence-corrected chi connectivity index (χ1v) is 5.85. The van der Waals surface area contributed by atoms with Gasteiger partial charge in [0.2, 0.25) is 0 Å². The van der Waals surface area contributed by atoms with Crippen molar-refractivity contribution < 1.29 is 9.90 Å². The molecule has 0 heterocycles. The summed E-state index contributed by atoms with van der Waals surface area (Å²) >= 11 is 0. The summed E-state index contributed by atoms with van der Waals surface area (Å²) in [5.41, 5.74) is 5.47. The van der Waals surface area contributed by atoms with Crippen molar-refractivity contribution in [1.82, 2.24) is 0 Å². The molecule has 0 aliphatic heterocycles. The maximum Gasteiger partial charge on any atom is 0.328 e. The fourth-order valence-corrected chi connectivity index (χ4v) is 2.30. The van der Waals surface area contributed by atoms with Gasteiger partial charge in [-0.15, -0.1) is 0 Å². The minimum absolute atomic E-state index is 0.200. The van der Waals surface area contributed by atoms with E-state index in [0.717, 1.165) is 22.3 Å². The van der Waals surface area contributed by atoms with Gasteiger partial charge in [-0.05, 0) is 49.0 Å². The van der Waals surface area contributed by atoms with Gasteiger partial charge in [0.05, 0.1) is 0 Å². The molecular formula is C15H20O2. The summed E-state index contributed by atoms with van der Waals surface area (Å²) in [7, 11) is 0. The average molecular weight is 232 g/mol. The molecule has 17 heavy (non-hydrogen) atoms. The van der Waals surface area contributed by atoms with Crippen molar-refractivity contribution in [2.75, 3.05) is 0 Å². The Morgan fingerprint density at radius 3 is 2.00 bits per heavy atom. The van der Waals surface area contributed by atoms with Gasteiger partial charge < -0.3 is 5.11 Å². The van der Waals surface area contributed by atoms with Crippen LogP contribution in [0.25, 0.3) is 5.57 Å². The predicted octanol–water partition coefficient (Wildman–Crippen LogP) is 3.74. The SMILES string of the molecule is Cc1cc(C)c(/C(=C/C(=O)O)C(C)C)c(C)c1. The number of benzene rings is 1. The first-order chi connectivity index (χ1) is 7.82. The van der Waals surface area contributed by atoms with Crippen molar-refractivity contribution in [3.63, 3.8) is 0 Å². The van der Waals surface area contributed by atoms with E-state index in [1.54, 1.807) is 0 Å². The Morgan fingerprint density at radius 2 is 1.65 bits per heavy atom. The minimum Gasteiger partial charge on any atom is -0.478 e. The molecule has 0 unspecified atom stereocenters. The van der Waals surface area contributed by atoms with Gasteiger partial charge in [-0.25, -0.2) is 4.79 Å². The van der Waals surface area contributed by atoms with Crippen LogP contribution in [0.3, 0.4) is 0 Å². The number of aryl methyl sites for hydroxylation is 3. The standard InChI is InChI=1S/C15H20O2/c1-9(2)13(8-14(16)17)15-11(4)6-10(3)7-12(15)5/h6-9H,1-5H3,(H,16,17)/b13-8+. The van der Waals surface area contributed by atoms with E-state index >= 15 is 0 Å². The number of carboxylic acids is 1. The Kier molecular flexibility index (Phi) is 4.11. The van der Waals surface area contributed by atoms with Gasteiger partial charge in [0.15, 0.2) is 0 Å². The van der Waals surface area contributed by atoms with E-state index in [9.17, 15) is 4.79 Å². The average Bonchev–Trinajstić information content (AvgIpc) is 2.13. The quantitative estimate of drug-likeness (QED) is 0.806. The molecule has 0 spiro atoms. The van der Waals surface area contributed by atoms with Gasteiger partial charge in [0.25, 0.3) is 0 Å². The van der Waals surface area contributed by atoms with Gasteiger partial charge in [-0.2, -0.15) is 0 Å². The molecule has 1 aromatic carbocycles. The molecule has 92 valence electrons. The maximum absolute atomic E-state index is 10.9. The highest BCUT2D eigenvalue weighted by atomic mass is 16.4. The molecule has 0 saturated carbocycles. The second-order valence-corrected chi connectivity index (χ2v) is 4.87. The van der Waals surface area contributed by atoms with E-state index in [4.69, 9.17) is 5.11 Å². The molecular weight excluding hydrogens is 212 g/mol. The van der Waals surface area contributed by atoms with Gasteiger partial charge in [0, 0.05) is 6.08 Å². The molecule has 1 N–H and O–H groups in total. The largest absolute Gasteiger partial charge is 0.478 e. The van der Waals surface area contributed by atoms with Crippen molar-refractivity contribution in [1.29, 1.82) is 0 Å². The van der Waals surface area contributed by atoms with Gasteiger partial charge in [0.1, 0.15) is 0 Å². The maximum atomic E-state index is 10.9. The molecule has 2 heteroatoms. The molecule has 0 bridgehead atoms. The Morgan fingerprint density at radius 1 is 1.18 bits per heavy atom. The second kappa shape index (κ2) is 5.17. The van der Waals surface area contributed by atoms with Crippen LogP contribution in [0.1, 0.15) is 36.1 Å². The van der Waals surface area contributed by atoms with Crippen molar-refractivity contribution >= 4 is 11.5 Å². The van der Waals surface area contributed by atoms with Crippen LogP contribution in [0.2, 0.25) is 0 Å². The van der Waals surface area contributed by atoms with Gasteiger partial charge >= 0.3 is 5.97 Å². The predicted molar refractivity (Wildman–Crippen MR) is 71.1 cm³/mol. The fraction of sp³-hybridized carbons (Fsp3) is 0.400. The van der Waals surface area contributed by atoms with Crippen LogP contribution < -0.4 is 0 Å². The lowest BCUT2D eigenvalue weighted by Gasteiger charge is -2.17. The molecule has 0 aliphatic rings. The number of aliphatic carboxylic acids is 1. The Bertz CT molecular complexity index is 445. The summed E-state index contributed by atoms with van der Waals surface area (Å²) in [5, 5.41) is 8.95. The molecule has 0 radical (unpaired) electrons. The number of hydrogen-bond acceptors (Lipinski definition) is 1. The first kappa shape index (κ1) is 13.5. The summed E-state index contributed by atoms with van der Waals surface area (Å²) in [6.45, 7) is 10.2. The Hall–Kier alpha value is -1.57. The number of allylic oxidation sites excluding steroid dienone is 1. The van der Waals surface area contributed by atoms with Gasteiger partial charge in [-0.3, -0.25) is 0 Å². The molecule has 0 aromatic heterocycles. The van der Waals surface area contributed by atoms with E-state index in [0.29, 0.717) is 0 Å². The van der Waals surface area contributed by atoms with Crippen LogP contribution in [0.15, 0.2) is 18.2 Å². The normalized spacial score (nSPS) is 12.0. The zero-order chi connectivity index (χ0) is 13.2. The van der Waals surface area contributed by atoms with Crippen LogP contribution >= 0.6 is 0 Å². The summed E-state index contributed by atoms with van der Waals surface area (Å²) < 4.78 is 0. The Labute approximate surface area is 103 Å². The fourth-order valence-electron chi connectivity index (χ4n) is 2.30. The highest BCUT2D eigenvalue weighted by molar-refractivity contribution is 5.91. The van der Waals surface area contributed by atoms with Crippen LogP contribution in [0.5, 0.6) is 0 Å². The number of carbonyl (C=O) groups is 1. The van der Waals surface area contributed by atoms with Crippen LogP contribution in [-0.2, 0) is 4.79 Å². The number of carboxylic acid groups (broad SMARTS) is 1. The molecule has 0 amide bonds. The smallest absolute Gasteiger partial charge is 0.328 e. The van der Waals surface area contributed by atoms with E-state index in [2.05, 4.69) is 19.1 Å². The molecule has 1 rings (SSSR count). The Balaban J connectivity index is 3.44. The lowest BCUT2D eigenvalue weighted by atomic mass is 9.87. The highest BCUT2D eigenvalue weighted by Crippen LogP contribution is 2.29. The molecule has 0 fully saturated rings. The van der Waals surface area contributed by atoms with Crippen molar-refractivity contribution in [2.24, 2.45) is 5.92 Å². The third-order valence-electron chi connectivity index (χ3n) is 2.87. The first-order valence-electron chi connectivity index (χ1n) is 5.85. The zero-order valence-corrected chi connectivity index (χ0v) is 11.2. The van der Waals surface area contributed by atoms with E-state index < -0.39 is 5.97 Å². The topological polar surface area (TPSA) is 37.3 Å². The summed E-state index contributed by atoms with van der Waals surface area (Å²) in [6, 6.07) is 4.20. The molecule has 0 aliphatic carbocycles.